The van der Waals surface area contributed by atoms with E-state index in [-0.39, 0.29) is 5.92 Å². The first-order valence-corrected chi connectivity index (χ1v) is 9.02. The molecule has 3 aliphatic rings. The molecule has 0 aromatic heterocycles. The van der Waals surface area contributed by atoms with Crippen LogP contribution in [-0.4, -0.2) is 25.3 Å². The molecule has 1 aromatic rings. The third kappa shape index (κ3) is 3.45. The number of aliphatic imine (C=N–C) groups is 1. The molecule has 0 radical (unpaired) electrons. The average molecular weight is 333 g/mol. The van der Waals surface area contributed by atoms with Crippen LogP contribution in [0.3, 0.4) is 0 Å². The molecule has 1 atom stereocenters. The lowest BCUT2D eigenvalue weighted by molar-refractivity contribution is 0.479. The largest absolute Gasteiger partial charge is 0.387 e. The SMILES string of the molecule is N#CC1=CCC(c2cc3c(c(NC4CCNCC4)c2)CNC=C3)C=N1. The number of nitrogens with zero attached hydrogens (tertiary/aromatic N) is 2. The highest BCUT2D eigenvalue weighted by Gasteiger charge is 2.20. The first-order chi connectivity index (χ1) is 12.3. The molecule has 4 rings (SSSR count). The van der Waals surface area contributed by atoms with Gasteiger partial charge in [0.2, 0.25) is 0 Å². The van der Waals surface area contributed by atoms with Crippen LogP contribution >= 0.6 is 0 Å². The maximum Gasteiger partial charge on any atom is 0.136 e. The zero-order valence-corrected chi connectivity index (χ0v) is 14.3. The van der Waals surface area contributed by atoms with Gasteiger partial charge in [-0.25, -0.2) is 4.99 Å². The molecule has 1 fully saturated rings. The number of hydrogen-bond acceptors (Lipinski definition) is 5. The van der Waals surface area contributed by atoms with Gasteiger partial charge in [0, 0.05) is 36.0 Å². The zero-order chi connectivity index (χ0) is 17.1. The van der Waals surface area contributed by atoms with Crippen LogP contribution in [0.25, 0.3) is 6.08 Å². The van der Waals surface area contributed by atoms with Gasteiger partial charge in [0.1, 0.15) is 11.8 Å². The second-order valence-corrected chi connectivity index (χ2v) is 6.84. The van der Waals surface area contributed by atoms with Gasteiger partial charge in [-0.3, -0.25) is 0 Å². The van der Waals surface area contributed by atoms with Crippen molar-refractivity contribution in [3.63, 3.8) is 0 Å². The van der Waals surface area contributed by atoms with Gasteiger partial charge < -0.3 is 16.0 Å². The van der Waals surface area contributed by atoms with Gasteiger partial charge in [0.15, 0.2) is 0 Å². The van der Waals surface area contributed by atoms with Crippen molar-refractivity contribution >= 4 is 18.0 Å². The number of rotatable bonds is 3. The van der Waals surface area contributed by atoms with Crippen LogP contribution in [0.4, 0.5) is 5.69 Å². The van der Waals surface area contributed by atoms with Gasteiger partial charge in [-0.05, 0) is 67.9 Å². The number of fused-ring (bicyclic) bond motifs is 1. The second kappa shape index (κ2) is 7.12. The van der Waals surface area contributed by atoms with E-state index in [4.69, 9.17) is 5.26 Å². The molecule has 0 aliphatic carbocycles. The van der Waals surface area contributed by atoms with Gasteiger partial charge >= 0.3 is 0 Å². The first kappa shape index (κ1) is 15.9. The van der Waals surface area contributed by atoms with E-state index in [0.29, 0.717) is 11.7 Å². The van der Waals surface area contributed by atoms with E-state index in [1.807, 2.05) is 18.5 Å². The van der Waals surface area contributed by atoms with E-state index >= 15 is 0 Å². The van der Waals surface area contributed by atoms with Crippen molar-refractivity contribution < 1.29 is 0 Å². The predicted molar refractivity (Wildman–Crippen MR) is 101 cm³/mol. The molecule has 5 nitrogen and oxygen atoms in total. The minimum absolute atomic E-state index is 0.235. The highest BCUT2D eigenvalue weighted by atomic mass is 15.0. The predicted octanol–water partition coefficient (Wildman–Crippen LogP) is 2.89. The number of piperidine rings is 1. The van der Waals surface area contributed by atoms with E-state index < -0.39 is 0 Å². The minimum Gasteiger partial charge on any atom is -0.387 e. The Balaban J connectivity index is 1.63. The fourth-order valence-corrected chi connectivity index (χ4v) is 3.72. The molecule has 1 saturated heterocycles. The lowest BCUT2D eigenvalue weighted by atomic mass is 9.89. The van der Waals surface area contributed by atoms with Crippen molar-refractivity contribution in [1.29, 1.82) is 5.26 Å². The van der Waals surface area contributed by atoms with E-state index in [0.717, 1.165) is 38.9 Å². The molecule has 128 valence electrons. The molecule has 5 heteroatoms. The van der Waals surface area contributed by atoms with Crippen molar-refractivity contribution in [2.45, 2.75) is 37.8 Å². The van der Waals surface area contributed by atoms with Gasteiger partial charge in [0.05, 0.1) is 0 Å². The Morgan fingerprint density at radius 3 is 2.88 bits per heavy atom. The molecule has 1 aromatic carbocycles. The Bertz CT molecular complexity index is 778. The number of benzene rings is 1. The first-order valence-electron chi connectivity index (χ1n) is 9.02. The van der Waals surface area contributed by atoms with E-state index in [1.54, 1.807) is 0 Å². The van der Waals surface area contributed by atoms with E-state index in [9.17, 15) is 0 Å². The second-order valence-electron chi connectivity index (χ2n) is 6.84. The fourth-order valence-electron chi connectivity index (χ4n) is 3.72. The summed E-state index contributed by atoms with van der Waals surface area (Å²) in [6.45, 7) is 3.01. The van der Waals surface area contributed by atoms with Crippen LogP contribution < -0.4 is 16.0 Å². The Kier molecular flexibility index (Phi) is 4.53. The maximum atomic E-state index is 8.97. The molecular formula is C20H23N5. The third-order valence-electron chi connectivity index (χ3n) is 5.17. The summed E-state index contributed by atoms with van der Waals surface area (Å²) in [7, 11) is 0. The summed E-state index contributed by atoms with van der Waals surface area (Å²) in [5.41, 5.74) is 5.63. The Morgan fingerprint density at radius 1 is 1.24 bits per heavy atom. The molecule has 0 spiro atoms. The lowest BCUT2D eigenvalue weighted by Crippen LogP contribution is -2.35. The van der Waals surface area contributed by atoms with Crippen molar-refractivity contribution in [3.05, 3.63) is 46.8 Å². The molecule has 0 bridgehead atoms. The summed E-state index contributed by atoms with van der Waals surface area (Å²) in [6, 6.07) is 7.19. The minimum atomic E-state index is 0.235. The summed E-state index contributed by atoms with van der Waals surface area (Å²) >= 11 is 0. The smallest absolute Gasteiger partial charge is 0.136 e. The molecule has 3 N–H and O–H groups in total. The lowest BCUT2D eigenvalue weighted by Gasteiger charge is -2.28. The number of allylic oxidation sites excluding steroid dienone is 2. The topological polar surface area (TPSA) is 72.2 Å². The van der Waals surface area contributed by atoms with Crippen LogP contribution in [0.5, 0.6) is 0 Å². The Morgan fingerprint density at radius 2 is 2.12 bits per heavy atom. The monoisotopic (exact) mass is 333 g/mol. The van der Waals surface area contributed by atoms with Gasteiger partial charge in [-0.1, -0.05) is 6.07 Å². The van der Waals surface area contributed by atoms with Crippen molar-refractivity contribution in [3.8, 4) is 6.07 Å². The highest BCUT2D eigenvalue weighted by Crippen LogP contribution is 2.32. The van der Waals surface area contributed by atoms with Crippen molar-refractivity contribution in [2.24, 2.45) is 4.99 Å². The summed E-state index contributed by atoms with van der Waals surface area (Å²) in [5.74, 6) is 0.235. The normalized spacial score (nSPS) is 22.5. The quantitative estimate of drug-likeness (QED) is 0.795. The standard InChI is InChI=1S/C20H23N5/c21-11-18-2-1-15(12-24-18)16-9-14-3-6-23-13-19(14)20(10-16)25-17-4-7-22-8-5-17/h2-3,6,9-10,12,15,17,22-23,25H,1,4-5,7-8,13H2. The van der Waals surface area contributed by atoms with Gasteiger partial charge in [0.25, 0.3) is 0 Å². The van der Waals surface area contributed by atoms with Crippen LogP contribution in [0.1, 0.15) is 41.9 Å². The fraction of sp³-hybridized carbons (Fsp3) is 0.400. The Labute approximate surface area is 148 Å². The molecule has 3 aliphatic heterocycles. The van der Waals surface area contributed by atoms with Gasteiger partial charge in [-0.2, -0.15) is 5.26 Å². The maximum absolute atomic E-state index is 8.97. The highest BCUT2D eigenvalue weighted by molar-refractivity contribution is 5.75. The summed E-state index contributed by atoms with van der Waals surface area (Å²) in [6.07, 6.45) is 11.2. The number of nitriles is 1. The third-order valence-corrected chi connectivity index (χ3v) is 5.17. The average Bonchev–Trinajstić information content (AvgIpc) is 2.69. The van der Waals surface area contributed by atoms with E-state index in [1.165, 1.54) is 22.4 Å². The number of hydrogen-bond donors (Lipinski definition) is 3. The summed E-state index contributed by atoms with van der Waals surface area (Å²) in [5, 5.41) is 19.5. The summed E-state index contributed by atoms with van der Waals surface area (Å²) in [4.78, 5) is 4.28. The number of anilines is 1. The molecule has 3 heterocycles. The zero-order valence-electron chi connectivity index (χ0n) is 14.3. The van der Waals surface area contributed by atoms with Crippen molar-refractivity contribution in [2.75, 3.05) is 18.4 Å². The van der Waals surface area contributed by atoms with E-state index in [2.05, 4.69) is 45.2 Å². The van der Waals surface area contributed by atoms with Crippen LogP contribution in [0, 0.1) is 11.3 Å². The molecular weight excluding hydrogens is 310 g/mol. The van der Waals surface area contributed by atoms with Crippen molar-refractivity contribution in [1.82, 2.24) is 10.6 Å². The van der Waals surface area contributed by atoms with Crippen LogP contribution in [0.15, 0.2) is 35.1 Å². The van der Waals surface area contributed by atoms with Crippen LogP contribution in [-0.2, 0) is 6.54 Å². The van der Waals surface area contributed by atoms with Gasteiger partial charge in [-0.15, -0.1) is 0 Å². The van der Waals surface area contributed by atoms with Crippen LogP contribution in [0.2, 0.25) is 0 Å². The summed E-state index contributed by atoms with van der Waals surface area (Å²) < 4.78 is 0. The molecule has 0 amide bonds. The molecule has 1 unspecified atom stereocenters. The molecule has 25 heavy (non-hydrogen) atoms. The number of nitrogens with one attached hydrogen (secondary N) is 3. The molecule has 0 saturated carbocycles. The Hall–Kier alpha value is -2.58.